The van der Waals surface area contributed by atoms with Crippen LogP contribution in [0.3, 0.4) is 0 Å². The van der Waals surface area contributed by atoms with Gasteiger partial charge in [0.25, 0.3) is 0 Å². The van der Waals surface area contributed by atoms with Gasteiger partial charge in [-0.15, -0.1) is 0 Å². The molecule has 4 nitrogen and oxygen atoms in total. The zero-order valence-corrected chi connectivity index (χ0v) is 9.31. The van der Waals surface area contributed by atoms with E-state index in [0.29, 0.717) is 17.4 Å². The van der Waals surface area contributed by atoms with Gasteiger partial charge in [-0.1, -0.05) is 6.07 Å². The lowest BCUT2D eigenvalue weighted by Crippen LogP contribution is -2.54. The number of nitriles is 1. The maximum atomic E-state index is 8.96. The summed E-state index contributed by atoms with van der Waals surface area (Å²) < 4.78 is 5.10. The minimum Gasteiger partial charge on any atom is -0.495 e. The molecule has 0 unspecified atom stereocenters. The summed E-state index contributed by atoms with van der Waals surface area (Å²) in [5.74, 6) is 0.631. The molecule has 0 radical (unpaired) electrons. The first-order valence-corrected chi connectivity index (χ1v) is 5.28. The Hall–Kier alpha value is -1.57. The SMILES string of the molecule is COc1ccc(CN2CC(N)C2)cc1C#N. The van der Waals surface area contributed by atoms with E-state index in [1.807, 2.05) is 18.2 Å². The van der Waals surface area contributed by atoms with Crippen LogP contribution < -0.4 is 10.5 Å². The average Bonchev–Trinajstić information content (AvgIpc) is 2.27. The molecule has 1 aliphatic rings. The molecule has 0 saturated carbocycles. The van der Waals surface area contributed by atoms with Gasteiger partial charge in [0.05, 0.1) is 12.7 Å². The van der Waals surface area contributed by atoms with Crippen molar-refractivity contribution in [2.45, 2.75) is 12.6 Å². The largest absolute Gasteiger partial charge is 0.495 e. The highest BCUT2D eigenvalue weighted by Gasteiger charge is 2.22. The average molecular weight is 217 g/mol. The number of methoxy groups -OCH3 is 1. The first kappa shape index (κ1) is 10.9. The molecule has 1 aromatic carbocycles. The van der Waals surface area contributed by atoms with Gasteiger partial charge >= 0.3 is 0 Å². The smallest absolute Gasteiger partial charge is 0.136 e. The molecule has 0 amide bonds. The molecule has 0 atom stereocenters. The number of rotatable bonds is 3. The van der Waals surface area contributed by atoms with Crippen molar-refractivity contribution in [1.29, 1.82) is 5.26 Å². The van der Waals surface area contributed by atoms with Crippen LogP contribution in [0.25, 0.3) is 0 Å². The van der Waals surface area contributed by atoms with Crippen LogP contribution in [0.15, 0.2) is 18.2 Å². The normalized spacial score (nSPS) is 16.6. The van der Waals surface area contributed by atoms with E-state index in [4.69, 9.17) is 15.7 Å². The van der Waals surface area contributed by atoms with Gasteiger partial charge in [-0.3, -0.25) is 4.90 Å². The fourth-order valence-electron chi connectivity index (χ4n) is 1.94. The Labute approximate surface area is 95.2 Å². The molecule has 84 valence electrons. The molecular formula is C12H15N3O. The molecule has 4 heteroatoms. The summed E-state index contributed by atoms with van der Waals surface area (Å²) in [6.45, 7) is 2.73. The summed E-state index contributed by atoms with van der Waals surface area (Å²) in [5.41, 5.74) is 7.43. The molecule has 0 aliphatic carbocycles. The predicted molar refractivity (Wildman–Crippen MR) is 61.0 cm³/mol. The van der Waals surface area contributed by atoms with Crippen LogP contribution in [0.2, 0.25) is 0 Å². The Balaban J connectivity index is 2.08. The van der Waals surface area contributed by atoms with E-state index in [1.54, 1.807) is 7.11 Å². The molecule has 1 heterocycles. The van der Waals surface area contributed by atoms with Gasteiger partial charge in [-0.2, -0.15) is 5.26 Å². The Bertz CT molecular complexity index is 419. The zero-order valence-electron chi connectivity index (χ0n) is 9.31. The van der Waals surface area contributed by atoms with Crippen LogP contribution >= 0.6 is 0 Å². The van der Waals surface area contributed by atoms with Crippen LogP contribution in [0, 0.1) is 11.3 Å². The van der Waals surface area contributed by atoms with Crippen LogP contribution in [-0.4, -0.2) is 31.1 Å². The standard InChI is InChI=1S/C12H15N3O/c1-16-12-3-2-9(4-10(12)5-13)6-15-7-11(14)8-15/h2-4,11H,6-8,14H2,1H3. The summed E-state index contributed by atoms with van der Waals surface area (Å²) in [5, 5.41) is 8.96. The van der Waals surface area contributed by atoms with Crippen molar-refractivity contribution in [3.63, 3.8) is 0 Å². The van der Waals surface area contributed by atoms with Crippen LogP contribution in [0.5, 0.6) is 5.75 Å². The number of likely N-dealkylation sites (tertiary alicyclic amines) is 1. The van der Waals surface area contributed by atoms with E-state index in [9.17, 15) is 0 Å². The fraction of sp³-hybridized carbons (Fsp3) is 0.417. The molecule has 2 N–H and O–H groups in total. The summed E-state index contributed by atoms with van der Waals surface area (Å²) >= 11 is 0. The van der Waals surface area contributed by atoms with Gasteiger partial charge in [0, 0.05) is 25.7 Å². The first-order valence-electron chi connectivity index (χ1n) is 5.28. The van der Waals surface area contributed by atoms with Crippen molar-refractivity contribution in [3.05, 3.63) is 29.3 Å². The minimum absolute atomic E-state index is 0.314. The summed E-state index contributed by atoms with van der Waals surface area (Å²) in [4.78, 5) is 2.26. The van der Waals surface area contributed by atoms with Gasteiger partial charge in [0.1, 0.15) is 11.8 Å². The monoisotopic (exact) mass is 217 g/mol. The Morgan fingerprint density at radius 1 is 1.56 bits per heavy atom. The first-order chi connectivity index (χ1) is 7.72. The molecule has 1 aliphatic heterocycles. The third-order valence-corrected chi connectivity index (χ3v) is 2.78. The fourth-order valence-corrected chi connectivity index (χ4v) is 1.94. The van der Waals surface area contributed by atoms with Gasteiger partial charge in [-0.05, 0) is 17.7 Å². The molecular weight excluding hydrogens is 202 g/mol. The molecule has 0 bridgehead atoms. The van der Waals surface area contributed by atoms with Crippen molar-refractivity contribution in [3.8, 4) is 11.8 Å². The highest BCUT2D eigenvalue weighted by molar-refractivity contribution is 5.45. The van der Waals surface area contributed by atoms with Crippen molar-refractivity contribution < 1.29 is 4.74 Å². The Kier molecular flexibility index (Phi) is 3.09. The van der Waals surface area contributed by atoms with Crippen molar-refractivity contribution in [2.75, 3.05) is 20.2 Å². The lowest BCUT2D eigenvalue weighted by atomic mass is 10.1. The molecule has 1 aromatic rings. The maximum absolute atomic E-state index is 8.96. The number of ether oxygens (including phenoxy) is 1. The third-order valence-electron chi connectivity index (χ3n) is 2.78. The number of benzene rings is 1. The molecule has 0 spiro atoms. The van der Waals surface area contributed by atoms with Gasteiger partial charge in [-0.25, -0.2) is 0 Å². The van der Waals surface area contributed by atoms with Crippen molar-refractivity contribution >= 4 is 0 Å². The Morgan fingerprint density at radius 3 is 2.88 bits per heavy atom. The zero-order chi connectivity index (χ0) is 11.5. The minimum atomic E-state index is 0.314. The molecule has 16 heavy (non-hydrogen) atoms. The lowest BCUT2D eigenvalue weighted by molar-refractivity contribution is 0.142. The second-order valence-electron chi connectivity index (χ2n) is 4.10. The molecule has 0 aromatic heterocycles. The van der Waals surface area contributed by atoms with E-state index in [2.05, 4.69) is 11.0 Å². The summed E-state index contributed by atoms with van der Waals surface area (Å²) in [6.07, 6.45) is 0. The highest BCUT2D eigenvalue weighted by Crippen LogP contribution is 2.20. The lowest BCUT2D eigenvalue weighted by Gasteiger charge is -2.36. The van der Waals surface area contributed by atoms with E-state index < -0.39 is 0 Å². The van der Waals surface area contributed by atoms with Crippen LogP contribution in [0.4, 0.5) is 0 Å². The summed E-state index contributed by atoms with van der Waals surface area (Å²) in [7, 11) is 1.57. The Morgan fingerprint density at radius 2 is 2.31 bits per heavy atom. The van der Waals surface area contributed by atoms with E-state index in [-0.39, 0.29) is 0 Å². The van der Waals surface area contributed by atoms with E-state index in [0.717, 1.165) is 25.2 Å². The molecule has 2 rings (SSSR count). The van der Waals surface area contributed by atoms with E-state index >= 15 is 0 Å². The third kappa shape index (κ3) is 2.16. The maximum Gasteiger partial charge on any atom is 0.136 e. The second kappa shape index (κ2) is 4.52. The topological polar surface area (TPSA) is 62.3 Å². The predicted octanol–water partition coefficient (Wildman–Crippen LogP) is 0.710. The molecule has 1 fully saturated rings. The van der Waals surface area contributed by atoms with Crippen LogP contribution in [-0.2, 0) is 6.54 Å². The molecule has 1 saturated heterocycles. The summed E-state index contributed by atoms with van der Waals surface area (Å²) in [6, 6.07) is 8.16. The number of nitrogens with two attached hydrogens (primary N) is 1. The number of nitrogens with zero attached hydrogens (tertiary/aromatic N) is 2. The van der Waals surface area contributed by atoms with Crippen LogP contribution in [0.1, 0.15) is 11.1 Å². The second-order valence-corrected chi connectivity index (χ2v) is 4.10. The van der Waals surface area contributed by atoms with E-state index in [1.165, 1.54) is 0 Å². The van der Waals surface area contributed by atoms with Crippen molar-refractivity contribution in [1.82, 2.24) is 4.90 Å². The number of hydrogen-bond acceptors (Lipinski definition) is 4. The number of hydrogen-bond donors (Lipinski definition) is 1. The van der Waals surface area contributed by atoms with Gasteiger partial charge in [0.15, 0.2) is 0 Å². The van der Waals surface area contributed by atoms with Crippen molar-refractivity contribution in [2.24, 2.45) is 5.73 Å². The van der Waals surface area contributed by atoms with Gasteiger partial charge < -0.3 is 10.5 Å². The van der Waals surface area contributed by atoms with Gasteiger partial charge in [0.2, 0.25) is 0 Å². The highest BCUT2D eigenvalue weighted by atomic mass is 16.5. The quantitative estimate of drug-likeness (QED) is 0.810.